The first-order valence-electron chi connectivity index (χ1n) is 11.2. The second-order valence-corrected chi connectivity index (χ2v) is 10.2. The fraction of sp³-hybridized carbons (Fsp3) is 0.0741. The maximum Gasteiger partial charge on any atom is 0.416 e. The van der Waals surface area contributed by atoms with Gasteiger partial charge < -0.3 is 10.6 Å². The first-order chi connectivity index (χ1) is 18.0. The molecule has 0 unspecified atom stereocenters. The zero-order chi connectivity index (χ0) is 27.3. The molecule has 11 heteroatoms. The third kappa shape index (κ3) is 6.64. The maximum atomic E-state index is 13.1. The molecule has 0 aliphatic heterocycles. The topological polar surface area (TPSA) is 87.3 Å². The predicted molar refractivity (Wildman–Crippen MR) is 141 cm³/mol. The standard InChI is InChI=1S/C27H21ClF3N3O3S/c28-24-15-10-20(27(29,30)31)16-19(24)17-32-26(35)33-21-11-13-22(14-12-21)34-38(36,37)25-9-5-4-8-23(25)18-6-2-1-3-7-18/h1-16,34H,17H2,(H2,32,33,35). The van der Waals surface area contributed by atoms with Crippen molar-refractivity contribution in [3.8, 4) is 11.1 Å². The number of carbonyl (C=O) groups is 1. The largest absolute Gasteiger partial charge is 0.416 e. The van der Waals surface area contributed by atoms with Crippen molar-refractivity contribution < 1.29 is 26.4 Å². The van der Waals surface area contributed by atoms with Crippen molar-refractivity contribution in [1.82, 2.24) is 5.32 Å². The van der Waals surface area contributed by atoms with Crippen LogP contribution < -0.4 is 15.4 Å². The molecule has 0 aliphatic rings. The molecule has 4 aromatic rings. The fourth-order valence-corrected chi connectivity index (χ4v) is 5.10. The highest BCUT2D eigenvalue weighted by Crippen LogP contribution is 2.32. The number of anilines is 2. The van der Waals surface area contributed by atoms with E-state index in [0.717, 1.165) is 23.8 Å². The van der Waals surface area contributed by atoms with Crippen LogP contribution in [0.4, 0.5) is 29.3 Å². The summed E-state index contributed by atoms with van der Waals surface area (Å²) in [6.45, 7) is -0.229. The van der Waals surface area contributed by atoms with Gasteiger partial charge >= 0.3 is 12.2 Å². The zero-order valence-corrected chi connectivity index (χ0v) is 21.2. The van der Waals surface area contributed by atoms with E-state index in [9.17, 15) is 26.4 Å². The summed E-state index contributed by atoms with van der Waals surface area (Å²) < 4.78 is 67.6. The summed E-state index contributed by atoms with van der Waals surface area (Å²) >= 11 is 5.95. The van der Waals surface area contributed by atoms with E-state index >= 15 is 0 Å². The Labute approximate surface area is 222 Å². The Morgan fingerprint density at radius 2 is 1.45 bits per heavy atom. The number of sulfonamides is 1. The van der Waals surface area contributed by atoms with E-state index in [1.165, 1.54) is 30.3 Å². The van der Waals surface area contributed by atoms with Crippen LogP contribution in [0, 0.1) is 0 Å². The minimum Gasteiger partial charge on any atom is -0.334 e. The molecule has 0 saturated heterocycles. The number of hydrogen-bond donors (Lipinski definition) is 3. The zero-order valence-electron chi connectivity index (χ0n) is 19.6. The van der Waals surface area contributed by atoms with E-state index in [-0.39, 0.29) is 27.7 Å². The van der Waals surface area contributed by atoms with Crippen molar-refractivity contribution in [2.24, 2.45) is 0 Å². The maximum absolute atomic E-state index is 13.1. The SMILES string of the molecule is O=C(NCc1cc(C(F)(F)F)ccc1Cl)Nc1ccc(NS(=O)(=O)c2ccccc2-c2ccccc2)cc1. The van der Waals surface area contributed by atoms with Gasteiger partial charge in [-0.25, -0.2) is 13.2 Å². The number of hydrogen-bond acceptors (Lipinski definition) is 3. The van der Waals surface area contributed by atoms with Crippen molar-refractivity contribution >= 4 is 39.0 Å². The molecule has 0 saturated carbocycles. The number of benzene rings is 4. The number of carbonyl (C=O) groups excluding carboxylic acids is 1. The van der Waals surface area contributed by atoms with Crippen LogP contribution in [0.2, 0.25) is 5.02 Å². The summed E-state index contributed by atoms with van der Waals surface area (Å²) in [4.78, 5) is 12.4. The molecule has 0 aromatic heterocycles. The van der Waals surface area contributed by atoms with Gasteiger partial charge in [0, 0.05) is 28.5 Å². The molecule has 0 heterocycles. The first kappa shape index (κ1) is 27.0. The summed E-state index contributed by atoms with van der Waals surface area (Å²) in [5.41, 5.74) is 1.16. The molecule has 0 spiro atoms. The summed E-state index contributed by atoms with van der Waals surface area (Å²) in [6, 6.07) is 23.9. The molecule has 2 amide bonds. The summed E-state index contributed by atoms with van der Waals surface area (Å²) in [7, 11) is -3.93. The third-order valence-electron chi connectivity index (χ3n) is 5.47. The van der Waals surface area contributed by atoms with Gasteiger partial charge in [-0.15, -0.1) is 0 Å². The van der Waals surface area contributed by atoms with Gasteiger partial charge in [0.1, 0.15) is 0 Å². The highest BCUT2D eigenvalue weighted by atomic mass is 35.5. The normalized spacial score (nSPS) is 11.6. The van der Waals surface area contributed by atoms with E-state index in [1.807, 2.05) is 30.3 Å². The Balaban J connectivity index is 1.40. The summed E-state index contributed by atoms with van der Waals surface area (Å²) in [5.74, 6) is 0. The second-order valence-electron chi connectivity index (χ2n) is 8.16. The first-order valence-corrected chi connectivity index (χ1v) is 13.1. The Morgan fingerprint density at radius 3 is 2.13 bits per heavy atom. The van der Waals surface area contributed by atoms with Crippen molar-refractivity contribution in [2.75, 3.05) is 10.0 Å². The van der Waals surface area contributed by atoms with Crippen LogP contribution in [0.1, 0.15) is 11.1 Å². The number of alkyl halides is 3. The Bertz CT molecular complexity index is 1550. The van der Waals surface area contributed by atoms with Crippen LogP contribution in [0.3, 0.4) is 0 Å². The molecule has 0 aliphatic carbocycles. The van der Waals surface area contributed by atoms with Gasteiger partial charge in [0.25, 0.3) is 10.0 Å². The second kappa shape index (κ2) is 11.2. The molecule has 4 aromatic carbocycles. The Kier molecular flexibility index (Phi) is 7.94. The van der Waals surface area contributed by atoms with Gasteiger partial charge in [0.15, 0.2) is 0 Å². The Morgan fingerprint density at radius 1 is 0.816 bits per heavy atom. The number of halogens is 4. The minimum absolute atomic E-state index is 0.0868. The lowest BCUT2D eigenvalue weighted by atomic mass is 10.1. The van der Waals surface area contributed by atoms with Gasteiger partial charge in [-0.2, -0.15) is 13.2 Å². The van der Waals surface area contributed by atoms with Gasteiger partial charge in [-0.1, -0.05) is 60.1 Å². The number of urea groups is 1. The van der Waals surface area contributed by atoms with Gasteiger partial charge in [0.05, 0.1) is 10.5 Å². The smallest absolute Gasteiger partial charge is 0.334 e. The van der Waals surface area contributed by atoms with Crippen LogP contribution in [0.25, 0.3) is 11.1 Å². The molecule has 0 radical (unpaired) electrons. The minimum atomic E-state index is -4.53. The molecule has 0 fully saturated rings. The molecule has 4 rings (SSSR count). The van der Waals surface area contributed by atoms with E-state index in [0.29, 0.717) is 11.3 Å². The van der Waals surface area contributed by atoms with Crippen molar-refractivity contribution in [2.45, 2.75) is 17.6 Å². The lowest BCUT2D eigenvalue weighted by molar-refractivity contribution is -0.137. The highest BCUT2D eigenvalue weighted by Gasteiger charge is 2.30. The number of amides is 2. The van der Waals surface area contributed by atoms with Crippen LogP contribution >= 0.6 is 11.6 Å². The van der Waals surface area contributed by atoms with Crippen molar-refractivity contribution in [3.05, 3.63) is 113 Å². The molecule has 0 bridgehead atoms. The van der Waals surface area contributed by atoms with E-state index in [4.69, 9.17) is 11.6 Å². The van der Waals surface area contributed by atoms with Crippen molar-refractivity contribution in [1.29, 1.82) is 0 Å². The van der Waals surface area contributed by atoms with Crippen LogP contribution in [0.15, 0.2) is 102 Å². The van der Waals surface area contributed by atoms with Crippen LogP contribution in [-0.2, 0) is 22.7 Å². The average Bonchev–Trinajstić information content (AvgIpc) is 2.89. The van der Waals surface area contributed by atoms with Crippen molar-refractivity contribution in [3.63, 3.8) is 0 Å². The number of rotatable bonds is 7. The summed E-state index contributed by atoms with van der Waals surface area (Å²) in [5, 5.41) is 5.07. The lowest BCUT2D eigenvalue weighted by Crippen LogP contribution is -2.28. The summed E-state index contributed by atoms with van der Waals surface area (Å²) in [6.07, 6.45) is -4.53. The van der Waals surface area contributed by atoms with Gasteiger partial charge in [-0.05, 0) is 59.7 Å². The van der Waals surface area contributed by atoms with Gasteiger partial charge in [0.2, 0.25) is 0 Å². The average molecular weight is 560 g/mol. The number of nitrogens with one attached hydrogen (secondary N) is 3. The molecule has 196 valence electrons. The van der Waals surface area contributed by atoms with Crippen LogP contribution in [0.5, 0.6) is 0 Å². The molecule has 38 heavy (non-hydrogen) atoms. The molecular weight excluding hydrogens is 539 g/mol. The quantitative estimate of drug-likeness (QED) is 0.225. The monoisotopic (exact) mass is 559 g/mol. The predicted octanol–water partition coefficient (Wildman–Crippen LogP) is 7.15. The lowest BCUT2D eigenvalue weighted by Gasteiger charge is -2.14. The van der Waals surface area contributed by atoms with Gasteiger partial charge in [-0.3, -0.25) is 4.72 Å². The van der Waals surface area contributed by atoms with E-state index in [2.05, 4.69) is 15.4 Å². The van der Waals surface area contributed by atoms with Crippen LogP contribution in [-0.4, -0.2) is 14.4 Å². The Hall–Kier alpha value is -4.02. The van der Waals surface area contributed by atoms with E-state index < -0.39 is 27.8 Å². The third-order valence-corrected chi connectivity index (χ3v) is 7.28. The molecular formula is C27H21ClF3N3O3S. The highest BCUT2D eigenvalue weighted by molar-refractivity contribution is 7.92. The molecule has 0 atom stereocenters. The van der Waals surface area contributed by atoms with E-state index in [1.54, 1.807) is 18.2 Å². The molecule has 6 nitrogen and oxygen atoms in total. The fourth-order valence-electron chi connectivity index (χ4n) is 3.63. The molecule has 3 N–H and O–H groups in total.